The van der Waals surface area contributed by atoms with E-state index in [1.54, 1.807) is 23.0 Å². The average molecular weight is 1560 g/mol. The zero-order valence-electron chi connectivity index (χ0n) is 58.4. The topological polar surface area (TPSA) is 494 Å². The summed E-state index contributed by atoms with van der Waals surface area (Å²) in [6, 6.07) is 21.3. The van der Waals surface area contributed by atoms with Crippen molar-refractivity contribution in [3.63, 3.8) is 0 Å². The van der Waals surface area contributed by atoms with Crippen LogP contribution in [-0.4, -0.2) is 275 Å². The van der Waals surface area contributed by atoms with Gasteiger partial charge in [-0.1, -0.05) is 47.2 Å². The first-order valence-electron chi connectivity index (χ1n) is 34.4. The van der Waals surface area contributed by atoms with E-state index in [1.165, 1.54) is 72.8 Å². The highest BCUT2D eigenvalue weighted by Crippen LogP contribution is 2.51. The fraction of sp³-hybridized carbons (Fsp3) is 0.486. The molecule has 4 aliphatic rings. The number of ketones is 1. The van der Waals surface area contributed by atoms with Crippen molar-refractivity contribution < 1.29 is 142 Å². The van der Waals surface area contributed by atoms with E-state index in [4.69, 9.17) is 65.2 Å². The molecule has 2 fully saturated rings. The number of carbonyl (C=O) groups excluding carboxylic acids is 4. The molecule has 1 saturated heterocycles. The molecule has 5 aromatic carbocycles. The van der Waals surface area contributed by atoms with Crippen LogP contribution in [0, 0.1) is 6.92 Å². The Morgan fingerprint density at radius 1 is 0.611 bits per heavy atom. The van der Waals surface area contributed by atoms with Gasteiger partial charge in [0, 0.05) is 42.1 Å². The van der Waals surface area contributed by atoms with Crippen LogP contribution in [0.3, 0.4) is 0 Å². The highest BCUT2D eigenvalue weighted by Gasteiger charge is 2.54. The predicted molar refractivity (Wildman–Crippen MR) is 370 cm³/mol. The van der Waals surface area contributed by atoms with Crippen LogP contribution in [0.5, 0.6) is 34.5 Å². The molecule has 3 amide bonds. The smallest absolute Gasteiger partial charge is 0.484 e. The number of aliphatic hydroxyl groups excluding tert-OH is 8. The number of nitrogens with zero attached hydrogens (tertiary/aromatic N) is 3. The number of amides is 3. The van der Waals surface area contributed by atoms with Gasteiger partial charge in [0.05, 0.1) is 140 Å². The van der Waals surface area contributed by atoms with Gasteiger partial charge in [-0.15, -0.1) is 13.5 Å². The van der Waals surface area contributed by atoms with Gasteiger partial charge < -0.3 is 122 Å². The first-order chi connectivity index (χ1) is 52.0. The molecule has 108 heavy (non-hydrogen) atoms. The molecule has 1 aliphatic carbocycles. The lowest BCUT2D eigenvalue weighted by atomic mass is 9.70. The Labute approximate surface area is 619 Å². The summed E-state index contributed by atoms with van der Waals surface area (Å²) in [5, 5.41) is 100.0. The number of Topliss-reactive ketones (excluding diaryl/α,β-unsaturated/α-hetero) is 1. The molecule has 1 saturated carbocycles. The van der Waals surface area contributed by atoms with Crippen molar-refractivity contribution in [2.24, 2.45) is 0 Å². The first kappa shape index (κ1) is 81.9. The second-order valence-electron chi connectivity index (χ2n) is 25.0. The minimum Gasteiger partial charge on any atom is -0.484 e. The number of hydrogen-bond donors (Lipinski definition) is 11. The number of benzene rings is 5. The molecule has 4 heterocycles. The van der Waals surface area contributed by atoms with Gasteiger partial charge in [0.15, 0.2) is 38.6 Å². The average Bonchev–Trinajstić information content (AvgIpc) is 1.13. The summed E-state index contributed by atoms with van der Waals surface area (Å²) in [5.41, 5.74) is 2.52. The van der Waals surface area contributed by atoms with E-state index in [2.05, 4.69) is 26.3 Å². The van der Waals surface area contributed by atoms with Crippen molar-refractivity contribution in [2.45, 2.75) is 105 Å². The van der Waals surface area contributed by atoms with Gasteiger partial charge in [0.2, 0.25) is 18.8 Å². The summed E-state index contributed by atoms with van der Waals surface area (Å²) < 4.78 is 132. The molecule has 3 aliphatic heterocycles. The maximum absolute atomic E-state index is 13.6. The van der Waals surface area contributed by atoms with Gasteiger partial charge in [0.25, 0.3) is 17.7 Å². The third-order valence-corrected chi connectivity index (χ3v) is 19.9. The largest absolute Gasteiger partial charge is 0.501 e. The van der Waals surface area contributed by atoms with Crippen molar-refractivity contribution in [1.82, 2.24) is 30.9 Å². The Morgan fingerprint density at radius 3 is 1.84 bits per heavy atom. The predicted octanol–water partition coefficient (Wildman–Crippen LogP) is -1.05. The second kappa shape index (κ2) is 39.1. The number of rotatable bonds is 43. The minimum absolute atomic E-state index is 0.00873. The number of hydrogen-bond acceptors (Lipinski definition) is 32. The molecule has 10 rings (SSSR count). The standard InChI is InChI=1S/C70H86N6O30S2/c1-41-2-13-48(14-3-41)107(89,90)33-16-50(78)43-6-8-44(9-7-43)67(86)71-17-20-93-24-27-97-29-30-98-31-32-99-39-46-36-76(75-74-46)19-22-95-25-28-96-26-23-94-21-18-72-68(87)45-10-15-51(103-70-64(85)61(82)58(79)54(37-77)104-70)52(34-45)106-108(91,92)105-47-11-4-42(5-12-47)38-100-66-56-49(35-53-65(66)102-40-101-53)55-57(73-69(56)88)60(81)63(84)62(83)59(55)80/h2-15,34-36,54-55,57-64,70,77,79-85H,16-33,37-40H2,1H3,(H,71,86)(H,72,87)(H,73,88)/t54-,55-,57-,58+,59-,60+,61+,62+,63+,64-,70-/m1/s1. The van der Waals surface area contributed by atoms with Crippen LogP contribution in [0.1, 0.15) is 76.2 Å². The van der Waals surface area contributed by atoms with Crippen LogP contribution in [0.15, 0.2) is 108 Å². The van der Waals surface area contributed by atoms with Crippen molar-refractivity contribution in [3.05, 3.63) is 148 Å². The number of aryl methyl sites for hydroxylation is 1. The number of sulfone groups is 1. The lowest BCUT2D eigenvalue weighted by Crippen LogP contribution is -2.66. The number of nitrogens with one attached hydrogen (secondary N) is 3. The summed E-state index contributed by atoms with van der Waals surface area (Å²) in [7, 11) is -8.73. The van der Waals surface area contributed by atoms with Crippen molar-refractivity contribution in [3.8, 4) is 34.5 Å². The quantitative estimate of drug-likeness (QED) is 0.0161. The third-order valence-electron chi connectivity index (χ3n) is 17.4. The molecule has 0 radical (unpaired) electrons. The molecule has 11 atom stereocenters. The molecular weight excluding hydrogens is 1470 g/mol. The summed E-state index contributed by atoms with van der Waals surface area (Å²) in [6.07, 6.45) is -14.0. The van der Waals surface area contributed by atoms with Crippen LogP contribution < -0.4 is 43.3 Å². The highest BCUT2D eigenvalue weighted by molar-refractivity contribution is 7.91. The van der Waals surface area contributed by atoms with E-state index < -0.39 is 117 Å². The molecule has 1 aromatic heterocycles. The Kier molecular flexibility index (Phi) is 29.7. The maximum atomic E-state index is 13.6. The fourth-order valence-corrected chi connectivity index (χ4v) is 13.6. The van der Waals surface area contributed by atoms with E-state index in [-0.39, 0.29) is 141 Å². The van der Waals surface area contributed by atoms with Crippen LogP contribution in [-0.2, 0) is 77.9 Å². The zero-order chi connectivity index (χ0) is 76.9. The fourth-order valence-electron chi connectivity index (χ4n) is 11.6. The molecule has 0 unspecified atom stereocenters. The van der Waals surface area contributed by atoms with Gasteiger partial charge in [-0.05, 0) is 78.7 Å². The zero-order valence-corrected chi connectivity index (χ0v) is 60.1. The number of fused-ring (bicyclic) bond motifs is 4. The van der Waals surface area contributed by atoms with Gasteiger partial charge in [0.1, 0.15) is 60.8 Å². The normalized spacial score (nSPS) is 21.6. The van der Waals surface area contributed by atoms with Gasteiger partial charge in [-0.2, -0.15) is 0 Å². The molecule has 0 bridgehead atoms. The highest BCUT2D eigenvalue weighted by atomic mass is 32.3. The van der Waals surface area contributed by atoms with Crippen LogP contribution >= 0.6 is 0 Å². The Morgan fingerprint density at radius 2 is 1.19 bits per heavy atom. The summed E-state index contributed by atoms with van der Waals surface area (Å²) in [5.74, 6) is -4.88. The monoisotopic (exact) mass is 1550 g/mol. The van der Waals surface area contributed by atoms with Crippen molar-refractivity contribution >= 4 is 43.7 Å². The Balaban J connectivity index is 0.564. The van der Waals surface area contributed by atoms with E-state index in [0.29, 0.717) is 75.2 Å². The molecular formula is C70H86N6O30S2. The first-order valence-corrected chi connectivity index (χ1v) is 37.4. The summed E-state index contributed by atoms with van der Waals surface area (Å²) in [4.78, 5) is 52.4. The minimum atomic E-state index is -5.12. The Hall–Kier alpha value is -8.62. The van der Waals surface area contributed by atoms with Crippen LogP contribution in [0.25, 0.3) is 0 Å². The van der Waals surface area contributed by atoms with Crippen LogP contribution in [0.4, 0.5) is 0 Å². The lowest BCUT2D eigenvalue weighted by Gasteiger charge is -2.47. The number of ether oxygens (including phenoxy) is 12. The molecule has 0 spiro atoms. The molecule has 6 aromatic rings. The molecule has 36 nitrogen and oxygen atoms in total. The summed E-state index contributed by atoms with van der Waals surface area (Å²) in [6.45, 7) is 4.89. The number of aliphatic hydroxyl groups is 8. The molecule has 38 heteroatoms. The molecule has 11 N–H and O–H groups in total. The summed E-state index contributed by atoms with van der Waals surface area (Å²) >= 11 is 0. The van der Waals surface area contributed by atoms with E-state index in [9.17, 15) is 76.9 Å². The number of aromatic nitrogens is 3. The van der Waals surface area contributed by atoms with E-state index in [1.807, 2.05) is 6.92 Å². The van der Waals surface area contributed by atoms with Gasteiger partial charge in [-0.3, -0.25) is 19.2 Å². The molecule has 588 valence electrons. The van der Waals surface area contributed by atoms with Gasteiger partial charge >= 0.3 is 10.4 Å². The Bertz CT molecular complexity index is 4200. The maximum Gasteiger partial charge on any atom is 0.501 e. The second-order valence-corrected chi connectivity index (χ2v) is 28.2. The van der Waals surface area contributed by atoms with E-state index in [0.717, 1.165) is 17.7 Å². The van der Waals surface area contributed by atoms with Crippen LogP contribution in [0.2, 0.25) is 0 Å². The van der Waals surface area contributed by atoms with Gasteiger partial charge in [-0.25, -0.2) is 13.1 Å². The van der Waals surface area contributed by atoms with Crippen molar-refractivity contribution in [2.75, 3.05) is 118 Å². The van der Waals surface area contributed by atoms with Crippen molar-refractivity contribution in [1.29, 1.82) is 0 Å². The third kappa shape index (κ3) is 22.1. The lowest BCUT2D eigenvalue weighted by molar-refractivity contribution is -0.277. The number of carbonyl (C=O) groups is 4. The van der Waals surface area contributed by atoms with E-state index >= 15 is 0 Å². The SMILES string of the molecule is Cc1ccc(S(=O)(=O)CCC(=O)c2ccc(C(=O)NCCOCCOCCOCCOCc3cn(CCOCCOCCOCCNC(=O)c4ccc(O[C@@H]5O[C@H](CO)[C@H](O)[C@H](O)[C@H]5O)c(OS(=O)(=O)Oc5ccc(COc6c7c(cc8c6C(=O)N[C@H]6[C@H](O)[C@H](O)[C@@H](O)[C@H](O)[C@H]86)OCO7)cc5)c4)nn3)cc2)cc1.